The Morgan fingerprint density at radius 1 is 1.38 bits per heavy atom. The van der Waals surface area contributed by atoms with Crippen molar-refractivity contribution in [3.63, 3.8) is 0 Å². The molecule has 1 aliphatic heterocycles. The molecule has 1 N–H and O–H groups in total. The molecule has 1 unspecified atom stereocenters. The number of hydrogen-bond donors (Lipinski definition) is 1. The molecule has 1 saturated heterocycles. The summed E-state index contributed by atoms with van der Waals surface area (Å²) in [5.41, 5.74) is 0.393. The molecular weight excluding hydrogens is 358 g/mol. The van der Waals surface area contributed by atoms with Gasteiger partial charge in [-0.05, 0) is 30.7 Å². The largest absolute Gasteiger partial charge is 0.467 e. The number of carbonyl (C=O) groups excluding carboxylic acids is 2. The summed E-state index contributed by atoms with van der Waals surface area (Å²) in [7, 11) is -1.54. The molecule has 138 valence electrons. The van der Waals surface area contributed by atoms with Crippen molar-refractivity contribution in [2.45, 2.75) is 19.0 Å². The first-order valence-corrected chi connectivity index (χ1v) is 9.92. The second-order valence-electron chi connectivity index (χ2n) is 6.16. The van der Waals surface area contributed by atoms with Crippen molar-refractivity contribution in [1.29, 1.82) is 0 Å². The van der Waals surface area contributed by atoms with Crippen LogP contribution in [0.2, 0.25) is 0 Å². The van der Waals surface area contributed by atoms with Crippen LogP contribution in [0.4, 0.5) is 0 Å². The maximum Gasteiger partial charge on any atom is 0.272 e. The molecule has 0 radical (unpaired) electrons. The van der Waals surface area contributed by atoms with E-state index in [1.54, 1.807) is 19.2 Å². The average molecular weight is 377 g/mol. The predicted molar refractivity (Wildman–Crippen MR) is 93.3 cm³/mol. The summed E-state index contributed by atoms with van der Waals surface area (Å²) in [5.74, 6) is -0.112. The van der Waals surface area contributed by atoms with Crippen LogP contribution in [0.3, 0.4) is 0 Å². The first-order chi connectivity index (χ1) is 12.4. The molecule has 0 aliphatic carbocycles. The first-order valence-electron chi connectivity index (χ1n) is 8.10. The first kappa shape index (κ1) is 18.1. The van der Waals surface area contributed by atoms with Crippen molar-refractivity contribution in [3.8, 4) is 0 Å². The molecule has 26 heavy (non-hydrogen) atoms. The molecule has 0 spiro atoms. The normalized spacial score (nSPS) is 18.4. The molecule has 2 amide bonds. The molecule has 1 atom stereocenters. The zero-order valence-corrected chi connectivity index (χ0v) is 15.0. The number of furan rings is 1. The van der Waals surface area contributed by atoms with Gasteiger partial charge in [0.15, 0.2) is 9.84 Å². The Bertz CT molecular complexity index is 908. The topological polar surface area (TPSA) is 110 Å². The minimum absolute atomic E-state index is 0.0431. The van der Waals surface area contributed by atoms with E-state index in [1.165, 1.54) is 29.5 Å². The molecule has 8 nitrogen and oxygen atoms in total. The van der Waals surface area contributed by atoms with E-state index in [0.717, 1.165) is 0 Å². The van der Waals surface area contributed by atoms with Crippen molar-refractivity contribution in [2.24, 2.45) is 0 Å². The fourth-order valence-electron chi connectivity index (χ4n) is 2.80. The minimum atomic E-state index is -3.09. The number of nitrogens with zero attached hydrogens (tertiary/aromatic N) is 2. The van der Waals surface area contributed by atoms with Crippen molar-refractivity contribution < 1.29 is 22.4 Å². The zero-order valence-electron chi connectivity index (χ0n) is 14.2. The lowest BCUT2D eigenvalue weighted by molar-refractivity contribution is 0.0741. The highest BCUT2D eigenvalue weighted by Gasteiger charge is 2.33. The van der Waals surface area contributed by atoms with Crippen LogP contribution in [-0.4, -0.2) is 54.7 Å². The highest BCUT2D eigenvalue weighted by atomic mass is 32.2. The van der Waals surface area contributed by atoms with Crippen LogP contribution in [0, 0.1) is 0 Å². The monoisotopic (exact) mass is 377 g/mol. The van der Waals surface area contributed by atoms with Crippen LogP contribution in [0.15, 0.2) is 41.1 Å². The summed E-state index contributed by atoms with van der Waals surface area (Å²) in [5, 5.41) is 2.70. The van der Waals surface area contributed by atoms with Crippen LogP contribution in [0.25, 0.3) is 0 Å². The van der Waals surface area contributed by atoms with E-state index in [2.05, 4.69) is 10.3 Å². The smallest absolute Gasteiger partial charge is 0.272 e. The van der Waals surface area contributed by atoms with E-state index in [-0.39, 0.29) is 35.7 Å². The average Bonchev–Trinajstić information content (AvgIpc) is 3.27. The van der Waals surface area contributed by atoms with Crippen LogP contribution < -0.4 is 5.32 Å². The second kappa shape index (κ2) is 7.28. The van der Waals surface area contributed by atoms with Crippen LogP contribution >= 0.6 is 0 Å². The number of amides is 2. The van der Waals surface area contributed by atoms with Gasteiger partial charge in [0, 0.05) is 24.8 Å². The quantitative estimate of drug-likeness (QED) is 0.828. The molecule has 3 heterocycles. The van der Waals surface area contributed by atoms with Gasteiger partial charge in [-0.25, -0.2) is 8.42 Å². The summed E-state index contributed by atoms with van der Waals surface area (Å²) in [4.78, 5) is 30.2. The third-order valence-electron chi connectivity index (χ3n) is 4.32. The van der Waals surface area contributed by atoms with Gasteiger partial charge in [0.1, 0.15) is 11.5 Å². The molecule has 1 aliphatic rings. The van der Waals surface area contributed by atoms with E-state index in [9.17, 15) is 18.0 Å². The Labute approximate surface area is 151 Å². The summed E-state index contributed by atoms with van der Waals surface area (Å²) >= 11 is 0. The summed E-state index contributed by atoms with van der Waals surface area (Å²) in [6.07, 6.45) is 3.31. The fraction of sp³-hybridized carbons (Fsp3) is 0.353. The minimum Gasteiger partial charge on any atom is -0.467 e. The van der Waals surface area contributed by atoms with E-state index < -0.39 is 15.7 Å². The van der Waals surface area contributed by atoms with Crippen LogP contribution in [0.5, 0.6) is 0 Å². The van der Waals surface area contributed by atoms with Gasteiger partial charge in [-0.15, -0.1) is 0 Å². The van der Waals surface area contributed by atoms with Gasteiger partial charge in [-0.2, -0.15) is 0 Å². The summed E-state index contributed by atoms with van der Waals surface area (Å²) in [6, 6.07) is 6.01. The number of aromatic nitrogens is 1. The maximum absolute atomic E-state index is 12.6. The van der Waals surface area contributed by atoms with Crippen molar-refractivity contribution in [2.75, 3.05) is 18.6 Å². The third-order valence-corrected chi connectivity index (χ3v) is 6.07. The molecule has 2 aromatic heterocycles. The number of nitrogens with one attached hydrogen (secondary N) is 1. The number of hydrogen-bond acceptors (Lipinski definition) is 6. The Hall–Kier alpha value is -2.68. The number of carbonyl (C=O) groups is 2. The highest BCUT2D eigenvalue weighted by molar-refractivity contribution is 7.91. The van der Waals surface area contributed by atoms with E-state index in [4.69, 9.17) is 4.42 Å². The second-order valence-corrected chi connectivity index (χ2v) is 8.39. The number of rotatable bonds is 5. The maximum atomic E-state index is 12.6. The van der Waals surface area contributed by atoms with Crippen molar-refractivity contribution in [1.82, 2.24) is 15.2 Å². The molecule has 2 aromatic rings. The van der Waals surface area contributed by atoms with Gasteiger partial charge < -0.3 is 14.6 Å². The Balaban J connectivity index is 1.68. The SMILES string of the molecule is CN(C(=O)c1cc(C(=O)NCc2ccco2)ccn1)C1CCS(=O)(=O)C1. The van der Waals surface area contributed by atoms with Crippen LogP contribution in [-0.2, 0) is 16.4 Å². The number of pyridine rings is 1. The number of sulfone groups is 1. The van der Waals surface area contributed by atoms with Gasteiger partial charge in [-0.1, -0.05) is 0 Å². The van der Waals surface area contributed by atoms with Crippen LogP contribution in [0.1, 0.15) is 33.0 Å². The molecule has 0 aromatic carbocycles. The Kier molecular flexibility index (Phi) is 5.08. The van der Waals surface area contributed by atoms with Gasteiger partial charge >= 0.3 is 0 Å². The van der Waals surface area contributed by atoms with Crippen molar-refractivity contribution >= 4 is 21.7 Å². The Morgan fingerprint density at radius 2 is 2.19 bits per heavy atom. The lowest BCUT2D eigenvalue weighted by Gasteiger charge is -2.23. The molecule has 1 fully saturated rings. The summed E-state index contributed by atoms with van der Waals surface area (Å²) < 4.78 is 28.4. The molecule has 0 bridgehead atoms. The summed E-state index contributed by atoms with van der Waals surface area (Å²) in [6.45, 7) is 0.233. The highest BCUT2D eigenvalue weighted by Crippen LogP contribution is 2.18. The molecular formula is C17H19N3O5S. The van der Waals surface area contributed by atoms with Gasteiger partial charge in [0.2, 0.25) is 0 Å². The van der Waals surface area contributed by atoms with Gasteiger partial charge in [0.25, 0.3) is 11.8 Å². The van der Waals surface area contributed by atoms with E-state index >= 15 is 0 Å². The zero-order chi connectivity index (χ0) is 18.7. The Morgan fingerprint density at radius 3 is 2.85 bits per heavy atom. The van der Waals surface area contributed by atoms with Gasteiger partial charge in [-0.3, -0.25) is 14.6 Å². The lowest BCUT2D eigenvalue weighted by atomic mass is 10.1. The molecule has 9 heteroatoms. The molecule has 0 saturated carbocycles. The fourth-order valence-corrected chi connectivity index (χ4v) is 4.57. The van der Waals surface area contributed by atoms with E-state index in [0.29, 0.717) is 17.7 Å². The lowest BCUT2D eigenvalue weighted by Crippen LogP contribution is -2.38. The standard InChI is InChI=1S/C17H19N3O5S/c1-20(13-5-8-26(23,24)11-13)17(22)15-9-12(4-6-18-15)16(21)19-10-14-3-2-7-25-14/h2-4,6-7,9,13H,5,8,10-11H2,1H3,(H,19,21). The third kappa shape index (κ3) is 4.10. The van der Waals surface area contributed by atoms with E-state index in [1.807, 2.05) is 0 Å². The molecule has 3 rings (SSSR count). The van der Waals surface area contributed by atoms with Crippen molar-refractivity contribution in [3.05, 3.63) is 53.7 Å². The van der Waals surface area contributed by atoms with Gasteiger partial charge in [0.05, 0.1) is 24.3 Å². The predicted octanol–water partition coefficient (Wildman–Crippen LogP) is 0.864.